The molecule has 3 rings (SSSR count). The molecule has 202 valence electrons. The molecular weight excluding hydrogens is 498 g/mol. The molecule has 10 heteroatoms. The Labute approximate surface area is 219 Å². The molecule has 38 heavy (non-hydrogen) atoms. The third-order valence-corrected chi connectivity index (χ3v) is 5.91. The van der Waals surface area contributed by atoms with Gasteiger partial charge in [0.15, 0.2) is 17.2 Å². The van der Waals surface area contributed by atoms with E-state index in [1.165, 1.54) is 50.6 Å². The summed E-state index contributed by atoms with van der Waals surface area (Å²) in [5, 5.41) is 12.6. The van der Waals surface area contributed by atoms with Crippen LogP contribution >= 0.6 is 0 Å². The first-order valence-electron chi connectivity index (χ1n) is 12.0. The Hall–Kier alpha value is -4.05. The zero-order chi connectivity index (χ0) is 27.7. The van der Waals surface area contributed by atoms with E-state index in [0.29, 0.717) is 6.42 Å². The van der Waals surface area contributed by atoms with E-state index in [9.17, 15) is 23.5 Å². The minimum absolute atomic E-state index is 0.0678. The van der Waals surface area contributed by atoms with Crippen molar-refractivity contribution < 1.29 is 37.7 Å². The first-order chi connectivity index (χ1) is 18.2. The van der Waals surface area contributed by atoms with Gasteiger partial charge in [0.1, 0.15) is 23.8 Å². The molecule has 0 bridgehead atoms. The van der Waals surface area contributed by atoms with Crippen LogP contribution in [0.5, 0.6) is 11.5 Å². The quantitative estimate of drug-likeness (QED) is 0.339. The van der Waals surface area contributed by atoms with Crippen LogP contribution in [0.4, 0.5) is 8.78 Å². The molecule has 1 heterocycles. The normalized spacial score (nSPS) is 13.3. The highest BCUT2D eigenvalue weighted by molar-refractivity contribution is 5.97. The second-order valence-corrected chi connectivity index (χ2v) is 8.78. The van der Waals surface area contributed by atoms with Crippen LogP contribution in [-0.2, 0) is 27.3 Å². The number of methoxy groups -OCH3 is 1. The van der Waals surface area contributed by atoms with E-state index >= 15 is 0 Å². The first kappa shape index (κ1) is 28.5. The summed E-state index contributed by atoms with van der Waals surface area (Å²) in [6.45, 7) is 3.58. The zero-order valence-corrected chi connectivity index (χ0v) is 21.3. The summed E-state index contributed by atoms with van der Waals surface area (Å²) in [7, 11) is 1.34. The average Bonchev–Trinajstić information content (AvgIpc) is 2.90. The van der Waals surface area contributed by atoms with Gasteiger partial charge in [-0.1, -0.05) is 24.3 Å². The van der Waals surface area contributed by atoms with Gasteiger partial charge in [-0.25, -0.2) is 18.6 Å². The number of halogens is 2. The third kappa shape index (κ3) is 7.97. The number of amides is 1. The lowest BCUT2D eigenvalue weighted by molar-refractivity contribution is -0.154. The van der Waals surface area contributed by atoms with Crippen LogP contribution in [0.2, 0.25) is 0 Å². The molecule has 0 spiro atoms. The Morgan fingerprint density at radius 2 is 1.58 bits per heavy atom. The molecule has 0 unspecified atom stereocenters. The van der Waals surface area contributed by atoms with Crippen LogP contribution in [0.25, 0.3) is 0 Å². The fourth-order valence-electron chi connectivity index (χ4n) is 3.67. The van der Waals surface area contributed by atoms with Crippen molar-refractivity contribution in [2.75, 3.05) is 13.7 Å². The molecule has 0 aliphatic rings. The van der Waals surface area contributed by atoms with Gasteiger partial charge in [0, 0.05) is 18.2 Å². The Kier molecular flexibility index (Phi) is 10.1. The van der Waals surface area contributed by atoms with E-state index in [2.05, 4.69) is 10.3 Å². The van der Waals surface area contributed by atoms with Gasteiger partial charge in [-0.15, -0.1) is 0 Å². The Morgan fingerprint density at radius 1 is 0.974 bits per heavy atom. The number of carbonyl (C=O) groups is 2. The Morgan fingerprint density at radius 3 is 2.18 bits per heavy atom. The molecule has 0 radical (unpaired) electrons. The van der Waals surface area contributed by atoms with Gasteiger partial charge < -0.3 is 24.6 Å². The van der Waals surface area contributed by atoms with Crippen molar-refractivity contribution in [1.29, 1.82) is 0 Å². The SMILES string of the molecule is COc1ccnc(C(=O)N[C@@H](C)C(=O)O[C@@H](C)[C@@H](COCc2ccc(F)cc2)Cc2ccc(F)cc2)c1O. The van der Waals surface area contributed by atoms with Gasteiger partial charge in [-0.2, -0.15) is 0 Å². The monoisotopic (exact) mass is 528 g/mol. The highest BCUT2D eigenvalue weighted by Crippen LogP contribution is 2.27. The second kappa shape index (κ2) is 13.5. The molecule has 0 aliphatic carbocycles. The molecule has 3 atom stereocenters. The number of ether oxygens (including phenoxy) is 3. The first-order valence-corrected chi connectivity index (χ1v) is 12.0. The third-order valence-electron chi connectivity index (χ3n) is 5.91. The fraction of sp³-hybridized carbons (Fsp3) is 0.321. The largest absolute Gasteiger partial charge is 0.503 e. The average molecular weight is 529 g/mol. The van der Waals surface area contributed by atoms with Gasteiger partial charge in [-0.3, -0.25) is 4.79 Å². The van der Waals surface area contributed by atoms with E-state index < -0.39 is 29.8 Å². The Balaban J connectivity index is 1.63. The summed E-state index contributed by atoms with van der Waals surface area (Å²) in [5.74, 6) is -2.87. The summed E-state index contributed by atoms with van der Waals surface area (Å²) in [6.07, 6.45) is 1.09. The van der Waals surface area contributed by atoms with Crippen molar-refractivity contribution in [3.63, 3.8) is 0 Å². The van der Waals surface area contributed by atoms with Gasteiger partial charge in [0.2, 0.25) is 0 Å². The van der Waals surface area contributed by atoms with Crippen molar-refractivity contribution in [2.45, 2.75) is 39.0 Å². The van der Waals surface area contributed by atoms with E-state index in [0.717, 1.165) is 11.1 Å². The van der Waals surface area contributed by atoms with Gasteiger partial charge >= 0.3 is 5.97 Å². The van der Waals surface area contributed by atoms with Crippen LogP contribution in [0.15, 0.2) is 60.8 Å². The molecule has 1 aromatic heterocycles. The highest BCUT2D eigenvalue weighted by atomic mass is 19.1. The summed E-state index contributed by atoms with van der Waals surface area (Å²) in [5.41, 5.74) is 1.31. The van der Waals surface area contributed by atoms with E-state index in [-0.39, 0.29) is 42.2 Å². The minimum Gasteiger partial charge on any atom is -0.503 e. The van der Waals surface area contributed by atoms with Crippen molar-refractivity contribution in [2.24, 2.45) is 5.92 Å². The number of carbonyl (C=O) groups excluding carboxylic acids is 2. The predicted molar refractivity (Wildman–Crippen MR) is 135 cm³/mol. The topological polar surface area (TPSA) is 107 Å². The maximum atomic E-state index is 13.4. The fourth-order valence-corrected chi connectivity index (χ4v) is 3.67. The number of rotatable bonds is 12. The maximum Gasteiger partial charge on any atom is 0.328 e. The van der Waals surface area contributed by atoms with Crippen molar-refractivity contribution >= 4 is 11.9 Å². The minimum atomic E-state index is -1.05. The van der Waals surface area contributed by atoms with Crippen molar-refractivity contribution in [3.8, 4) is 11.5 Å². The van der Waals surface area contributed by atoms with Crippen LogP contribution in [0.1, 0.15) is 35.5 Å². The zero-order valence-electron chi connectivity index (χ0n) is 21.3. The van der Waals surface area contributed by atoms with E-state index in [1.807, 2.05) is 0 Å². The second-order valence-electron chi connectivity index (χ2n) is 8.78. The lowest BCUT2D eigenvalue weighted by Crippen LogP contribution is -2.42. The number of hydrogen-bond acceptors (Lipinski definition) is 7. The number of benzene rings is 2. The van der Waals surface area contributed by atoms with Gasteiger partial charge in [0.05, 0.1) is 20.3 Å². The highest BCUT2D eigenvalue weighted by Gasteiger charge is 2.27. The number of hydrogen-bond donors (Lipinski definition) is 2. The summed E-state index contributed by atoms with van der Waals surface area (Å²) in [6, 6.07) is 12.3. The lowest BCUT2D eigenvalue weighted by Gasteiger charge is -2.26. The molecule has 0 saturated heterocycles. The number of aromatic nitrogens is 1. The molecule has 2 N–H and O–H groups in total. The molecule has 2 aromatic carbocycles. The van der Waals surface area contributed by atoms with Crippen LogP contribution in [-0.4, -0.2) is 47.8 Å². The number of nitrogens with one attached hydrogen (secondary N) is 1. The predicted octanol–water partition coefficient (Wildman–Crippen LogP) is 4.20. The molecule has 0 saturated carbocycles. The summed E-state index contributed by atoms with van der Waals surface area (Å²) >= 11 is 0. The number of nitrogens with zero attached hydrogens (tertiary/aromatic N) is 1. The Bertz CT molecular complexity index is 1220. The van der Waals surface area contributed by atoms with Crippen molar-refractivity contribution in [3.05, 3.63) is 89.2 Å². The van der Waals surface area contributed by atoms with Crippen LogP contribution in [0.3, 0.4) is 0 Å². The van der Waals surface area contributed by atoms with E-state index in [4.69, 9.17) is 14.2 Å². The van der Waals surface area contributed by atoms with Crippen molar-refractivity contribution in [1.82, 2.24) is 10.3 Å². The summed E-state index contributed by atoms with van der Waals surface area (Å²) < 4.78 is 43.0. The molecule has 0 aliphatic heterocycles. The van der Waals surface area contributed by atoms with Gasteiger partial charge in [-0.05, 0) is 55.7 Å². The number of pyridine rings is 1. The maximum absolute atomic E-state index is 13.4. The molecule has 1 amide bonds. The van der Waals surface area contributed by atoms with Gasteiger partial charge in [0.25, 0.3) is 5.91 Å². The molecule has 3 aromatic rings. The lowest BCUT2D eigenvalue weighted by atomic mass is 9.95. The molecule has 0 fully saturated rings. The number of aromatic hydroxyl groups is 1. The summed E-state index contributed by atoms with van der Waals surface area (Å²) in [4.78, 5) is 29.2. The van der Waals surface area contributed by atoms with Crippen LogP contribution in [0, 0.1) is 17.6 Å². The van der Waals surface area contributed by atoms with E-state index in [1.54, 1.807) is 31.2 Å². The number of esters is 1. The smallest absolute Gasteiger partial charge is 0.328 e. The standard InChI is InChI=1S/C28H30F2N2O6/c1-17(32-27(34)25-26(33)24(36-3)12-13-31-25)28(35)38-18(2)21(14-19-4-8-22(29)9-5-19)16-37-15-20-6-10-23(30)11-7-20/h4-13,17-18,21,33H,14-16H2,1-3H3,(H,32,34)/t17-,18-,21+/m0/s1. The molecular formula is C28H30F2N2O6. The van der Waals surface area contributed by atoms with Crippen LogP contribution < -0.4 is 10.1 Å². The molecule has 8 nitrogen and oxygen atoms in total.